The Balaban J connectivity index is 1.90. The van der Waals surface area contributed by atoms with E-state index in [4.69, 9.17) is 4.18 Å². The van der Waals surface area contributed by atoms with Gasteiger partial charge < -0.3 is 9.50 Å². The van der Waals surface area contributed by atoms with Gasteiger partial charge in [-0.05, 0) is 31.5 Å². The van der Waals surface area contributed by atoms with Crippen LogP contribution in [0.15, 0.2) is 24.3 Å². The van der Waals surface area contributed by atoms with E-state index in [1.165, 1.54) is 44.9 Å². The Hall–Kier alpha value is -1.82. The first-order chi connectivity index (χ1) is 12.9. The molecule has 0 fully saturated rings. The van der Waals surface area contributed by atoms with Gasteiger partial charge in [0.15, 0.2) is 0 Å². The lowest BCUT2D eigenvalue weighted by Crippen LogP contribution is -2.06. The molecule has 0 unspecified atom stereocenters. The molecule has 0 atom stereocenters. The van der Waals surface area contributed by atoms with Crippen molar-refractivity contribution in [1.82, 2.24) is 4.98 Å². The zero-order valence-electron chi connectivity index (χ0n) is 16.8. The van der Waals surface area contributed by atoms with Crippen LogP contribution in [0.5, 0.6) is 5.75 Å². The van der Waals surface area contributed by atoms with Gasteiger partial charge in [-0.2, -0.15) is 8.42 Å². The highest BCUT2D eigenvalue weighted by molar-refractivity contribution is 7.86. The Morgan fingerprint density at radius 1 is 1.00 bits per heavy atom. The van der Waals surface area contributed by atoms with Crippen molar-refractivity contribution in [2.24, 2.45) is 0 Å². The highest BCUT2D eigenvalue weighted by Gasteiger charge is 2.09. The average Bonchev–Trinajstić information content (AvgIpc) is 2.58. The fraction of sp³-hybridized carbons (Fsp3) is 0.571. The molecule has 1 heterocycles. The van der Waals surface area contributed by atoms with E-state index in [9.17, 15) is 8.42 Å². The third kappa shape index (κ3) is 7.75. The third-order valence-corrected chi connectivity index (χ3v) is 5.00. The predicted molar refractivity (Wildman–Crippen MR) is 113 cm³/mol. The molecule has 1 aromatic heterocycles. The maximum atomic E-state index is 11.3. The van der Waals surface area contributed by atoms with Gasteiger partial charge in [-0.25, -0.2) is 0 Å². The lowest BCUT2D eigenvalue weighted by molar-refractivity contribution is 0.493. The number of hydrogen-bond donors (Lipinski definition) is 1. The molecule has 0 saturated carbocycles. The molecule has 0 aliphatic carbocycles. The number of nitrogens with zero attached hydrogens (tertiary/aromatic N) is 1. The number of rotatable bonds is 12. The van der Waals surface area contributed by atoms with Crippen LogP contribution in [0.1, 0.15) is 64.0 Å². The molecule has 5 nitrogen and oxygen atoms in total. The molecule has 2 rings (SSSR count). The molecule has 0 aliphatic rings. The minimum absolute atomic E-state index is 0.289. The molecule has 0 radical (unpaired) electrons. The zero-order valence-corrected chi connectivity index (χ0v) is 17.6. The first kappa shape index (κ1) is 21.5. The molecule has 0 spiro atoms. The van der Waals surface area contributed by atoms with Crippen LogP contribution in [0.25, 0.3) is 10.9 Å². The molecule has 1 aromatic carbocycles. The molecule has 0 saturated heterocycles. The fourth-order valence-electron chi connectivity index (χ4n) is 3.20. The molecule has 27 heavy (non-hydrogen) atoms. The standard InChI is InChI=1S/C21H32N2O3S/c1-4-5-6-7-8-9-10-11-14-22-20-15-17(2)23-21-16-18(12-13-19(20)21)26-27(3,24)25/h12-13,15-16H,4-11,14H2,1-3H3,(H,22,23). The van der Waals surface area contributed by atoms with E-state index in [1.807, 2.05) is 19.1 Å². The molecule has 2 aromatic rings. The average molecular weight is 393 g/mol. The summed E-state index contributed by atoms with van der Waals surface area (Å²) in [6.07, 6.45) is 11.4. The number of unbranched alkanes of at least 4 members (excludes halogenated alkanes) is 7. The number of pyridine rings is 1. The number of aromatic nitrogens is 1. The predicted octanol–water partition coefficient (Wildman–Crippen LogP) is 5.43. The van der Waals surface area contributed by atoms with Crippen LogP contribution in [0.4, 0.5) is 5.69 Å². The van der Waals surface area contributed by atoms with Crippen molar-refractivity contribution < 1.29 is 12.6 Å². The largest absolute Gasteiger partial charge is 0.384 e. The molecular weight excluding hydrogens is 360 g/mol. The number of benzene rings is 1. The Kier molecular flexibility index (Phi) is 8.35. The van der Waals surface area contributed by atoms with E-state index < -0.39 is 10.1 Å². The van der Waals surface area contributed by atoms with Gasteiger partial charge in [0.2, 0.25) is 0 Å². The number of fused-ring (bicyclic) bond motifs is 1. The molecule has 0 bridgehead atoms. The highest BCUT2D eigenvalue weighted by Crippen LogP contribution is 2.27. The first-order valence-corrected chi connectivity index (χ1v) is 11.8. The van der Waals surface area contributed by atoms with Crippen LogP contribution in [0, 0.1) is 6.92 Å². The van der Waals surface area contributed by atoms with Gasteiger partial charge in [-0.3, -0.25) is 4.98 Å². The highest BCUT2D eigenvalue weighted by atomic mass is 32.2. The number of aryl methyl sites for hydroxylation is 1. The summed E-state index contributed by atoms with van der Waals surface area (Å²) in [5.74, 6) is 0.289. The molecule has 150 valence electrons. The van der Waals surface area contributed by atoms with Crippen molar-refractivity contribution in [3.05, 3.63) is 30.0 Å². The summed E-state index contributed by atoms with van der Waals surface area (Å²) in [6, 6.07) is 7.23. The summed E-state index contributed by atoms with van der Waals surface area (Å²) in [6.45, 7) is 5.11. The van der Waals surface area contributed by atoms with Gasteiger partial charge in [0.05, 0.1) is 11.8 Å². The minimum Gasteiger partial charge on any atom is -0.384 e. The Bertz CT molecular complexity index is 835. The lowest BCUT2D eigenvalue weighted by Gasteiger charge is -2.12. The summed E-state index contributed by atoms with van der Waals surface area (Å²) in [5.41, 5.74) is 2.65. The van der Waals surface area contributed by atoms with Crippen molar-refractivity contribution >= 4 is 26.7 Å². The fourth-order valence-corrected chi connectivity index (χ4v) is 3.65. The monoisotopic (exact) mass is 392 g/mol. The summed E-state index contributed by atoms with van der Waals surface area (Å²) >= 11 is 0. The Morgan fingerprint density at radius 2 is 1.67 bits per heavy atom. The Morgan fingerprint density at radius 3 is 2.33 bits per heavy atom. The molecule has 1 N–H and O–H groups in total. The van der Waals surface area contributed by atoms with Crippen molar-refractivity contribution in [2.75, 3.05) is 18.1 Å². The van der Waals surface area contributed by atoms with Crippen LogP contribution in [0.2, 0.25) is 0 Å². The normalized spacial score (nSPS) is 11.7. The van der Waals surface area contributed by atoms with E-state index in [0.717, 1.165) is 41.5 Å². The first-order valence-electron chi connectivity index (χ1n) is 9.94. The second kappa shape index (κ2) is 10.5. The quantitative estimate of drug-likeness (QED) is 0.385. The zero-order chi connectivity index (χ0) is 19.7. The minimum atomic E-state index is -3.54. The lowest BCUT2D eigenvalue weighted by atomic mass is 10.1. The van der Waals surface area contributed by atoms with Crippen molar-refractivity contribution in [1.29, 1.82) is 0 Å². The van der Waals surface area contributed by atoms with Crippen LogP contribution in [0.3, 0.4) is 0 Å². The summed E-state index contributed by atoms with van der Waals surface area (Å²) < 4.78 is 27.6. The van der Waals surface area contributed by atoms with Crippen molar-refractivity contribution in [3.8, 4) is 5.75 Å². The van der Waals surface area contributed by atoms with E-state index in [-0.39, 0.29) is 5.75 Å². The summed E-state index contributed by atoms with van der Waals surface area (Å²) in [5, 5.41) is 4.48. The van der Waals surface area contributed by atoms with Crippen LogP contribution < -0.4 is 9.50 Å². The second-order valence-electron chi connectivity index (χ2n) is 7.18. The van der Waals surface area contributed by atoms with Crippen molar-refractivity contribution in [3.63, 3.8) is 0 Å². The van der Waals surface area contributed by atoms with E-state index in [2.05, 4.69) is 17.2 Å². The van der Waals surface area contributed by atoms with Gasteiger partial charge in [-0.15, -0.1) is 0 Å². The number of anilines is 1. The topological polar surface area (TPSA) is 68.3 Å². The number of hydrogen-bond acceptors (Lipinski definition) is 5. The smallest absolute Gasteiger partial charge is 0.306 e. The van der Waals surface area contributed by atoms with E-state index >= 15 is 0 Å². The van der Waals surface area contributed by atoms with E-state index in [1.54, 1.807) is 12.1 Å². The molecule has 0 amide bonds. The maximum absolute atomic E-state index is 11.3. The van der Waals surface area contributed by atoms with Gasteiger partial charge in [0.25, 0.3) is 0 Å². The van der Waals surface area contributed by atoms with Gasteiger partial charge in [0, 0.05) is 29.4 Å². The molecular formula is C21H32N2O3S. The third-order valence-electron chi connectivity index (χ3n) is 4.50. The maximum Gasteiger partial charge on any atom is 0.306 e. The van der Waals surface area contributed by atoms with Gasteiger partial charge >= 0.3 is 10.1 Å². The van der Waals surface area contributed by atoms with E-state index in [0.29, 0.717) is 0 Å². The Labute approximate surface area is 163 Å². The van der Waals surface area contributed by atoms with Crippen LogP contribution >= 0.6 is 0 Å². The number of nitrogens with one attached hydrogen (secondary N) is 1. The summed E-state index contributed by atoms with van der Waals surface area (Å²) in [7, 11) is -3.54. The second-order valence-corrected chi connectivity index (χ2v) is 8.75. The molecule has 6 heteroatoms. The van der Waals surface area contributed by atoms with Crippen LogP contribution in [-0.2, 0) is 10.1 Å². The van der Waals surface area contributed by atoms with Crippen molar-refractivity contribution in [2.45, 2.75) is 65.2 Å². The summed E-state index contributed by atoms with van der Waals surface area (Å²) in [4.78, 5) is 4.51. The van der Waals surface area contributed by atoms with Gasteiger partial charge in [-0.1, -0.05) is 51.9 Å². The van der Waals surface area contributed by atoms with Crippen LogP contribution in [-0.4, -0.2) is 26.2 Å². The van der Waals surface area contributed by atoms with Gasteiger partial charge in [0.1, 0.15) is 5.75 Å². The SMILES string of the molecule is CCCCCCCCCCNc1cc(C)nc2cc(OS(C)(=O)=O)ccc12. The molecule has 0 aliphatic heterocycles.